The molecule has 36 heavy (non-hydrogen) atoms. The third-order valence-corrected chi connectivity index (χ3v) is 7.24. The summed E-state index contributed by atoms with van der Waals surface area (Å²) in [6.45, 7) is 7.24. The van der Waals surface area contributed by atoms with Crippen LogP contribution in [0.1, 0.15) is 55.7 Å². The van der Waals surface area contributed by atoms with Crippen LogP contribution in [0, 0.1) is 13.8 Å². The van der Waals surface area contributed by atoms with E-state index >= 15 is 0 Å². The highest BCUT2D eigenvalue weighted by Gasteiger charge is 2.15. The summed E-state index contributed by atoms with van der Waals surface area (Å²) < 4.78 is 6.05. The molecule has 186 valence electrons. The van der Waals surface area contributed by atoms with Crippen LogP contribution in [0.4, 0.5) is 5.13 Å². The molecule has 0 fully saturated rings. The lowest BCUT2D eigenvalue weighted by atomic mass is 10.0. The number of hydrogen-bond donors (Lipinski definition) is 1. The van der Waals surface area contributed by atoms with Gasteiger partial charge in [0.15, 0.2) is 0 Å². The normalized spacial score (nSPS) is 11.2. The second kappa shape index (κ2) is 13.0. The number of unbranched alkanes of at least 4 members (excludes halogenated alkanes) is 4. The molecule has 3 aromatic carbocycles. The van der Waals surface area contributed by atoms with E-state index in [4.69, 9.17) is 9.72 Å². The molecule has 1 heterocycles. The minimum absolute atomic E-state index is 0.730. The molecule has 0 saturated heterocycles. The Balaban J connectivity index is 1.50. The van der Waals surface area contributed by atoms with E-state index in [1.807, 2.05) is 36.5 Å². The maximum atomic E-state index is 6.05. The number of hydrogen-bond acceptors (Lipinski definition) is 5. The zero-order chi connectivity index (χ0) is 25.2. The van der Waals surface area contributed by atoms with Crippen molar-refractivity contribution in [3.8, 4) is 27.4 Å². The van der Waals surface area contributed by atoms with Crippen LogP contribution in [0.2, 0.25) is 0 Å². The van der Waals surface area contributed by atoms with Gasteiger partial charge in [0.25, 0.3) is 0 Å². The van der Waals surface area contributed by atoms with Gasteiger partial charge < -0.3 is 4.74 Å². The van der Waals surface area contributed by atoms with Crippen LogP contribution in [0.5, 0.6) is 5.75 Å². The summed E-state index contributed by atoms with van der Waals surface area (Å²) in [5.74, 6) is 0.860. The van der Waals surface area contributed by atoms with E-state index in [-0.39, 0.29) is 0 Å². The topological polar surface area (TPSA) is 46.5 Å². The van der Waals surface area contributed by atoms with E-state index in [0.29, 0.717) is 0 Å². The molecule has 0 atom stereocenters. The van der Waals surface area contributed by atoms with E-state index < -0.39 is 0 Å². The number of aryl methyl sites for hydroxylation is 2. The van der Waals surface area contributed by atoms with Crippen molar-refractivity contribution >= 4 is 22.7 Å². The van der Waals surface area contributed by atoms with Crippen LogP contribution >= 0.6 is 11.3 Å². The molecule has 0 spiro atoms. The number of aromatic nitrogens is 1. The van der Waals surface area contributed by atoms with Crippen molar-refractivity contribution in [1.82, 2.24) is 4.98 Å². The second-order valence-corrected chi connectivity index (χ2v) is 10.0. The highest BCUT2D eigenvalue weighted by atomic mass is 32.1. The second-order valence-electron chi connectivity index (χ2n) is 9.03. The zero-order valence-electron chi connectivity index (χ0n) is 21.5. The first-order valence-corrected chi connectivity index (χ1v) is 13.6. The van der Waals surface area contributed by atoms with E-state index in [9.17, 15) is 0 Å². The van der Waals surface area contributed by atoms with Crippen molar-refractivity contribution in [3.05, 3.63) is 89.5 Å². The molecule has 0 aliphatic carbocycles. The van der Waals surface area contributed by atoms with Crippen LogP contribution in [-0.2, 0) is 0 Å². The van der Waals surface area contributed by atoms with Crippen LogP contribution in [0.25, 0.3) is 21.7 Å². The molecule has 0 aliphatic heterocycles. The van der Waals surface area contributed by atoms with Gasteiger partial charge in [-0.15, -0.1) is 0 Å². The fraction of sp³-hybridized carbons (Fsp3) is 0.290. The van der Waals surface area contributed by atoms with Crippen molar-refractivity contribution in [3.63, 3.8) is 0 Å². The van der Waals surface area contributed by atoms with Gasteiger partial charge >= 0.3 is 0 Å². The number of rotatable bonds is 12. The molecule has 1 N–H and O–H groups in total. The maximum absolute atomic E-state index is 6.05. The van der Waals surface area contributed by atoms with E-state index in [1.54, 1.807) is 11.3 Å². The first kappa shape index (κ1) is 25.6. The van der Waals surface area contributed by atoms with Crippen LogP contribution in [0.15, 0.2) is 77.9 Å². The number of para-hydroxylation sites is 1. The quantitative estimate of drug-likeness (QED) is 0.121. The molecule has 0 aliphatic rings. The van der Waals surface area contributed by atoms with Crippen molar-refractivity contribution in [2.75, 3.05) is 12.0 Å². The monoisotopic (exact) mass is 497 g/mol. The molecule has 4 nitrogen and oxygen atoms in total. The molecular weight excluding hydrogens is 462 g/mol. The SMILES string of the molecule is CCCCCCCOc1ccccc1/C=N\Nc1nc(-c2ccc(C)c(C)c2)c(-c2ccccc2)s1. The molecule has 4 aromatic rings. The molecule has 1 aromatic heterocycles. The lowest BCUT2D eigenvalue weighted by molar-refractivity contribution is 0.304. The maximum Gasteiger partial charge on any atom is 0.204 e. The minimum Gasteiger partial charge on any atom is -0.493 e. The Kier molecular flexibility index (Phi) is 9.28. The molecule has 4 rings (SSSR count). The standard InChI is InChI=1S/C31H35N3OS/c1-4-5-6-7-13-20-35-28-17-12-11-16-27(28)22-32-34-31-33-29(26-19-18-23(2)24(3)21-26)30(36-31)25-14-9-8-10-15-25/h8-12,14-19,21-22H,4-7,13,20H2,1-3H3,(H,33,34)/b32-22-. The van der Waals surface area contributed by atoms with E-state index in [0.717, 1.165) is 51.2 Å². The first-order valence-electron chi connectivity index (χ1n) is 12.8. The van der Waals surface area contributed by atoms with Gasteiger partial charge in [-0.25, -0.2) is 4.98 Å². The van der Waals surface area contributed by atoms with Gasteiger partial charge in [0, 0.05) is 11.1 Å². The first-order chi connectivity index (χ1) is 17.7. The predicted octanol–water partition coefficient (Wildman–Crippen LogP) is 8.89. The van der Waals surface area contributed by atoms with Gasteiger partial charge in [0.1, 0.15) is 5.75 Å². The Bertz CT molecular complexity index is 1280. The fourth-order valence-electron chi connectivity index (χ4n) is 4.00. The van der Waals surface area contributed by atoms with Gasteiger partial charge in [-0.2, -0.15) is 5.10 Å². The van der Waals surface area contributed by atoms with Gasteiger partial charge in [-0.3, -0.25) is 5.43 Å². The molecule has 0 unspecified atom stereocenters. The van der Waals surface area contributed by atoms with Crippen LogP contribution in [0.3, 0.4) is 0 Å². The van der Waals surface area contributed by atoms with Crippen molar-refractivity contribution in [1.29, 1.82) is 0 Å². The summed E-state index contributed by atoms with van der Waals surface area (Å²) in [5.41, 5.74) is 9.88. The van der Waals surface area contributed by atoms with Crippen LogP contribution < -0.4 is 10.2 Å². The Morgan fingerprint density at radius 1 is 0.861 bits per heavy atom. The predicted molar refractivity (Wildman–Crippen MR) is 154 cm³/mol. The highest BCUT2D eigenvalue weighted by molar-refractivity contribution is 7.19. The largest absolute Gasteiger partial charge is 0.493 e. The number of anilines is 1. The molecule has 5 heteroatoms. The molecular formula is C31H35N3OS. The van der Waals surface area contributed by atoms with Gasteiger partial charge in [-0.05, 0) is 55.2 Å². The van der Waals surface area contributed by atoms with Gasteiger partial charge in [0.05, 0.1) is 23.4 Å². The molecule has 0 amide bonds. The summed E-state index contributed by atoms with van der Waals surface area (Å²) in [6.07, 6.45) is 7.92. The molecule has 0 radical (unpaired) electrons. The Labute approximate surface area is 219 Å². The number of thiazole rings is 1. The lowest BCUT2D eigenvalue weighted by Gasteiger charge is -2.08. The average Bonchev–Trinajstić information content (AvgIpc) is 3.33. The van der Waals surface area contributed by atoms with Crippen molar-refractivity contribution in [2.24, 2.45) is 5.10 Å². The number of nitrogens with zero attached hydrogens (tertiary/aromatic N) is 2. The van der Waals surface area contributed by atoms with E-state index in [1.165, 1.54) is 36.8 Å². The smallest absolute Gasteiger partial charge is 0.204 e. The summed E-state index contributed by atoms with van der Waals surface area (Å²) in [6, 6.07) is 25.0. The van der Waals surface area contributed by atoms with Gasteiger partial charge in [0.2, 0.25) is 5.13 Å². The Morgan fingerprint density at radius 3 is 2.44 bits per heavy atom. The summed E-state index contributed by atoms with van der Waals surface area (Å²) in [4.78, 5) is 6.06. The van der Waals surface area contributed by atoms with Gasteiger partial charge in [-0.1, -0.05) is 98.5 Å². The summed E-state index contributed by atoms with van der Waals surface area (Å²) in [5, 5.41) is 5.26. The molecule has 0 bridgehead atoms. The zero-order valence-corrected chi connectivity index (χ0v) is 22.3. The lowest BCUT2D eigenvalue weighted by Crippen LogP contribution is -2.00. The Hall–Kier alpha value is -3.44. The summed E-state index contributed by atoms with van der Waals surface area (Å²) in [7, 11) is 0. The average molecular weight is 498 g/mol. The summed E-state index contributed by atoms with van der Waals surface area (Å²) >= 11 is 1.61. The molecule has 0 saturated carbocycles. The number of benzene rings is 3. The van der Waals surface area contributed by atoms with E-state index in [2.05, 4.69) is 73.8 Å². The third kappa shape index (κ3) is 6.82. The fourth-order valence-corrected chi connectivity index (χ4v) is 4.94. The number of hydrazone groups is 1. The Morgan fingerprint density at radius 2 is 1.64 bits per heavy atom. The van der Waals surface area contributed by atoms with Crippen molar-refractivity contribution < 1.29 is 4.74 Å². The third-order valence-electron chi connectivity index (χ3n) is 6.23. The minimum atomic E-state index is 0.730. The van der Waals surface area contributed by atoms with Crippen molar-refractivity contribution in [2.45, 2.75) is 52.9 Å². The highest BCUT2D eigenvalue weighted by Crippen LogP contribution is 2.39. The van der Waals surface area contributed by atoms with Crippen LogP contribution in [-0.4, -0.2) is 17.8 Å². The number of ether oxygens (including phenoxy) is 1. The number of nitrogens with one attached hydrogen (secondary N) is 1.